The first kappa shape index (κ1) is 27.2. The molecule has 0 aliphatic heterocycles. The molecule has 0 bridgehead atoms. The second-order valence-corrected chi connectivity index (χ2v) is 9.76. The van der Waals surface area contributed by atoms with Gasteiger partial charge in [-0.3, -0.25) is 0 Å². The minimum Gasteiger partial charge on any atom is -0.247 e. The molecule has 176 valence electrons. The number of aromatic nitrogens is 2. The van der Waals surface area contributed by atoms with E-state index in [2.05, 4.69) is 49.6 Å². The van der Waals surface area contributed by atoms with Crippen LogP contribution in [0.1, 0.15) is 167 Å². The number of imidazole rings is 1. The Balaban J connectivity index is 2.20. The van der Waals surface area contributed by atoms with E-state index in [-0.39, 0.29) is 0 Å². The van der Waals surface area contributed by atoms with E-state index in [1.807, 2.05) is 0 Å². The highest BCUT2D eigenvalue weighted by molar-refractivity contribution is 4.90. The van der Waals surface area contributed by atoms with Crippen LogP contribution in [-0.4, -0.2) is 4.98 Å². The summed E-state index contributed by atoms with van der Waals surface area (Å²) >= 11 is 0. The molecule has 1 rings (SSSR count). The van der Waals surface area contributed by atoms with Crippen LogP contribution in [0.4, 0.5) is 0 Å². The van der Waals surface area contributed by atoms with Gasteiger partial charge in [-0.15, -0.1) is 0 Å². The van der Waals surface area contributed by atoms with E-state index in [0.29, 0.717) is 12.0 Å². The summed E-state index contributed by atoms with van der Waals surface area (Å²) in [5.74, 6) is 2.19. The maximum absolute atomic E-state index is 3.61. The summed E-state index contributed by atoms with van der Waals surface area (Å²) in [7, 11) is 0. The molecule has 0 amide bonds. The number of nitrogens with one attached hydrogen (secondary N) is 1. The Morgan fingerprint density at radius 1 is 0.633 bits per heavy atom. The number of hydrogen-bond donors (Lipinski definition) is 1. The first-order valence-corrected chi connectivity index (χ1v) is 13.8. The Kier molecular flexibility index (Phi) is 17.2. The zero-order valence-corrected chi connectivity index (χ0v) is 21.2. The van der Waals surface area contributed by atoms with Crippen molar-refractivity contribution in [2.75, 3.05) is 0 Å². The Labute approximate surface area is 189 Å². The number of hydrogen-bond acceptors (Lipinski definition) is 0. The molecule has 2 atom stereocenters. The lowest BCUT2D eigenvalue weighted by atomic mass is 9.95. The van der Waals surface area contributed by atoms with Gasteiger partial charge in [0.15, 0.2) is 0 Å². The number of H-pyrrole nitrogens is 1. The van der Waals surface area contributed by atoms with Crippen LogP contribution in [0, 0.1) is 0 Å². The minimum absolute atomic E-state index is 0.625. The highest BCUT2D eigenvalue weighted by atomic mass is 15.1. The SMILES string of the molecule is CCCCCCCCCCCCCCC(C)[n+]1cc[nH]c1C(CCC)CCCCC. The van der Waals surface area contributed by atoms with Crippen molar-refractivity contribution in [3.05, 3.63) is 18.2 Å². The van der Waals surface area contributed by atoms with Crippen molar-refractivity contribution in [1.29, 1.82) is 0 Å². The van der Waals surface area contributed by atoms with Crippen molar-refractivity contribution < 1.29 is 4.57 Å². The quantitative estimate of drug-likeness (QED) is 0.151. The van der Waals surface area contributed by atoms with Gasteiger partial charge in [-0.1, -0.05) is 117 Å². The van der Waals surface area contributed by atoms with Crippen LogP contribution >= 0.6 is 0 Å². The fourth-order valence-corrected chi connectivity index (χ4v) is 4.90. The van der Waals surface area contributed by atoms with Crippen LogP contribution in [-0.2, 0) is 0 Å². The van der Waals surface area contributed by atoms with E-state index < -0.39 is 0 Å². The third kappa shape index (κ3) is 12.2. The molecule has 1 heterocycles. The third-order valence-electron chi connectivity index (χ3n) is 6.87. The van der Waals surface area contributed by atoms with Crippen LogP contribution in [0.5, 0.6) is 0 Å². The van der Waals surface area contributed by atoms with Crippen LogP contribution in [0.15, 0.2) is 12.4 Å². The number of rotatable bonds is 21. The smallest absolute Gasteiger partial charge is 0.247 e. The zero-order chi connectivity index (χ0) is 21.9. The van der Waals surface area contributed by atoms with Crippen molar-refractivity contribution in [2.24, 2.45) is 0 Å². The fraction of sp³-hybridized carbons (Fsp3) is 0.893. The van der Waals surface area contributed by atoms with Crippen molar-refractivity contribution in [2.45, 2.75) is 162 Å². The topological polar surface area (TPSA) is 19.7 Å². The van der Waals surface area contributed by atoms with Gasteiger partial charge in [0.1, 0.15) is 12.4 Å². The van der Waals surface area contributed by atoms with Crippen LogP contribution in [0.25, 0.3) is 0 Å². The average Bonchev–Trinajstić information content (AvgIpc) is 3.24. The van der Waals surface area contributed by atoms with E-state index in [0.717, 1.165) is 0 Å². The fourth-order valence-electron chi connectivity index (χ4n) is 4.90. The van der Waals surface area contributed by atoms with Crippen molar-refractivity contribution >= 4 is 0 Å². The Bertz CT molecular complexity index is 479. The Morgan fingerprint density at radius 2 is 1.13 bits per heavy atom. The summed E-state index contributed by atoms with van der Waals surface area (Å²) < 4.78 is 2.56. The highest BCUT2D eigenvalue weighted by Gasteiger charge is 2.24. The van der Waals surface area contributed by atoms with Crippen molar-refractivity contribution in [3.63, 3.8) is 0 Å². The molecule has 2 nitrogen and oxygen atoms in total. The first-order valence-electron chi connectivity index (χ1n) is 13.8. The molecule has 0 aliphatic rings. The molecule has 0 spiro atoms. The molecular formula is C28H55N2+. The van der Waals surface area contributed by atoms with Crippen LogP contribution in [0.3, 0.4) is 0 Å². The van der Waals surface area contributed by atoms with E-state index in [1.54, 1.807) is 0 Å². The van der Waals surface area contributed by atoms with Gasteiger partial charge in [0.05, 0.1) is 12.0 Å². The summed E-state index contributed by atoms with van der Waals surface area (Å²) in [6.07, 6.45) is 31.0. The van der Waals surface area contributed by atoms with Crippen LogP contribution in [0.2, 0.25) is 0 Å². The molecule has 1 N–H and O–H groups in total. The summed E-state index contributed by atoms with van der Waals surface area (Å²) in [5, 5.41) is 0. The highest BCUT2D eigenvalue weighted by Crippen LogP contribution is 2.25. The number of aromatic amines is 1. The number of unbranched alkanes of at least 4 members (excludes halogenated alkanes) is 13. The van der Waals surface area contributed by atoms with Gasteiger partial charge in [0.2, 0.25) is 0 Å². The molecule has 1 aromatic rings. The van der Waals surface area contributed by atoms with E-state index >= 15 is 0 Å². The van der Waals surface area contributed by atoms with Crippen molar-refractivity contribution in [1.82, 2.24) is 4.98 Å². The first-order chi connectivity index (χ1) is 14.7. The summed E-state index contributed by atoms with van der Waals surface area (Å²) in [6.45, 7) is 9.36. The standard InChI is InChI=1S/C28H54N2/c1-5-8-10-11-12-13-14-15-16-17-18-20-22-26(4)30-25-24-29-28(30)27(21-7-3)23-19-9-6-2/h24-27H,5-23H2,1-4H3/p+1. The lowest BCUT2D eigenvalue weighted by molar-refractivity contribution is -0.727. The van der Waals surface area contributed by atoms with E-state index in [1.165, 1.54) is 128 Å². The molecule has 0 saturated carbocycles. The Hall–Kier alpha value is -0.790. The molecule has 1 aromatic heterocycles. The summed E-state index contributed by atoms with van der Waals surface area (Å²) in [4.78, 5) is 3.61. The lowest BCUT2D eigenvalue weighted by Crippen LogP contribution is -2.41. The molecule has 0 fully saturated rings. The number of nitrogens with zero attached hydrogens (tertiary/aromatic N) is 1. The Morgan fingerprint density at radius 3 is 1.70 bits per heavy atom. The zero-order valence-electron chi connectivity index (χ0n) is 21.2. The monoisotopic (exact) mass is 419 g/mol. The molecule has 2 unspecified atom stereocenters. The molecule has 30 heavy (non-hydrogen) atoms. The van der Waals surface area contributed by atoms with Gasteiger partial charge in [-0.25, -0.2) is 9.55 Å². The average molecular weight is 420 g/mol. The molecule has 2 heteroatoms. The van der Waals surface area contributed by atoms with Gasteiger partial charge in [0.25, 0.3) is 5.82 Å². The molecule has 0 aromatic carbocycles. The largest absolute Gasteiger partial charge is 0.257 e. The van der Waals surface area contributed by atoms with Crippen LogP contribution < -0.4 is 4.57 Å². The van der Waals surface area contributed by atoms with Gasteiger partial charge in [-0.2, -0.15) is 0 Å². The summed E-state index contributed by atoms with van der Waals surface area (Å²) in [5.41, 5.74) is 0. The second kappa shape index (κ2) is 18.9. The van der Waals surface area contributed by atoms with Gasteiger partial charge < -0.3 is 0 Å². The van der Waals surface area contributed by atoms with Crippen molar-refractivity contribution in [3.8, 4) is 0 Å². The maximum atomic E-state index is 3.61. The van der Waals surface area contributed by atoms with Gasteiger partial charge in [-0.05, 0) is 32.6 Å². The molecular weight excluding hydrogens is 364 g/mol. The molecule has 0 saturated heterocycles. The normalized spacial score (nSPS) is 13.6. The molecule has 0 radical (unpaired) electrons. The third-order valence-corrected chi connectivity index (χ3v) is 6.87. The van der Waals surface area contributed by atoms with Gasteiger partial charge in [0, 0.05) is 0 Å². The van der Waals surface area contributed by atoms with E-state index in [4.69, 9.17) is 0 Å². The van der Waals surface area contributed by atoms with Gasteiger partial charge >= 0.3 is 0 Å². The predicted molar refractivity (Wildman–Crippen MR) is 133 cm³/mol. The maximum Gasteiger partial charge on any atom is 0.257 e. The second-order valence-electron chi connectivity index (χ2n) is 9.76. The lowest BCUT2D eigenvalue weighted by Gasteiger charge is -2.16. The minimum atomic E-state index is 0.625. The predicted octanol–water partition coefficient (Wildman–Crippen LogP) is 9.42. The summed E-state index contributed by atoms with van der Waals surface area (Å²) in [6, 6.07) is 0.625. The molecule has 0 aliphatic carbocycles. The van der Waals surface area contributed by atoms with E-state index in [9.17, 15) is 0 Å².